The molecule has 8 heteroatoms. The first kappa shape index (κ1) is 9.91. The molecule has 80 valence electrons. The zero-order valence-electron chi connectivity index (χ0n) is 7.75. The molecule has 1 aromatic carbocycles. The van der Waals surface area contributed by atoms with Gasteiger partial charge >= 0.3 is 0 Å². The summed E-state index contributed by atoms with van der Waals surface area (Å²) in [5.41, 5.74) is 1.72. The Kier molecular flexibility index (Phi) is 2.25. The molecule has 0 aliphatic heterocycles. The van der Waals surface area contributed by atoms with Crippen LogP contribution in [0.2, 0.25) is 0 Å². The van der Waals surface area contributed by atoms with E-state index in [4.69, 9.17) is 0 Å². The molecule has 0 aliphatic rings. The number of fused-ring (bicyclic) bond motifs is 1. The Morgan fingerprint density at radius 3 is 2.62 bits per heavy atom. The molecule has 6 nitrogen and oxygen atoms in total. The van der Waals surface area contributed by atoms with Gasteiger partial charge in [-0.25, -0.2) is 0 Å². The van der Waals surface area contributed by atoms with Gasteiger partial charge in [0, 0.05) is 0 Å². The number of nitrogens with zero attached hydrogens (tertiary/aromatic N) is 6. The van der Waals surface area contributed by atoms with Crippen LogP contribution in [-0.4, -0.2) is 29.0 Å². The third kappa shape index (κ3) is 1.37. The van der Waals surface area contributed by atoms with Crippen molar-refractivity contribution in [2.75, 3.05) is 0 Å². The number of rotatable bonds is 1. The van der Waals surface area contributed by atoms with Gasteiger partial charge in [-0.15, -0.1) is 10.2 Å². The van der Waals surface area contributed by atoms with Crippen molar-refractivity contribution in [3.8, 4) is 5.82 Å². The van der Waals surface area contributed by atoms with E-state index in [9.17, 15) is 0 Å². The largest absolute Gasteiger partial charge is 0.201 e. The topological polar surface area (TPSA) is 61.4 Å². The lowest BCUT2D eigenvalue weighted by Crippen LogP contribution is -2.01. The summed E-state index contributed by atoms with van der Waals surface area (Å²) in [4.78, 5) is 0. The molecule has 0 N–H and O–H groups in total. The molecule has 0 aliphatic carbocycles. The predicted octanol–water partition coefficient (Wildman–Crippen LogP) is 1.93. The minimum absolute atomic E-state index is 0.597. The quantitative estimate of drug-likeness (QED) is 0.677. The van der Waals surface area contributed by atoms with Crippen LogP contribution in [0.4, 0.5) is 0 Å². The van der Waals surface area contributed by atoms with Gasteiger partial charge in [0.1, 0.15) is 5.52 Å². The van der Waals surface area contributed by atoms with Gasteiger partial charge in [0.15, 0.2) is 4.60 Å². The SMILES string of the molecule is Brc1nnn(Br)c1-n1nnc2ccccc21. The summed E-state index contributed by atoms with van der Waals surface area (Å²) in [5.74, 6) is 0.675. The van der Waals surface area contributed by atoms with Crippen LogP contribution in [0, 0.1) is 0 Å². The van der Waals surface area contributed by atoms with Crippen LogP contribution in [0.5, 0.6) is 0 Å². The summed E-state index contributed by atoms with van der Waals surface area (Å²) in [6.45, 7) is 0. The van der Waals surface area contributed by atoms with E-state index >= 15 is 0 Å². The Labute approximate surface area is 107 Å². The number of hydrogen-bond acceptors (Lipinski definition) is 4. The van der Waals surface area contributed by atoms with Gasteiger partial charge in [0.05, 0.1) is 21.7 Å². The second-order valence-corrected chi connectivity index (χ2v) is 4.48. The van der Waals surface area contributed by atoms with E-state index in [0.717, 1.165) is 11.0 Å². The summed E-state index contributed by atoms with van der Waals surface area (Å²) >= 11 is 6.56. The van der Waals surface area contributed by atoms with E-state index in [-0.39, 0.29) is 0 Å². The minimum atomic E-state index is 0.597. The standard InChI is InChI=1S/C8H4Br2N6/c9-7-8(16(10)14-12-7)15-6-4-2-1-3-5(6)11-13-15/h1-4H. The second-order valence-electron chi connectivity index (χ2n) is 3.05. The van der Waals surface area contributed by atoms with E-state index in [0.29, 0.717) is 10.4 Å². The van der Waals surface area contributed by atoms with E-state index in [1.165, 1.54) is 3.71 Å². The van der Waals surface area contributed by atoms with Gasteiger partial charge in [0.2, 0.25) is 5.82 Å². The van der Waals surface area contributed by atoms with Crippen LogP contribution in [-0.2, 0) is 0 Å². The molecule has 0 unspecified atom stereocenters. The van der Waals surface area contributed by atoms with Crippen molar-refractivity contribution >= 4 is 43.1 Å². The first-order valence-electron chi connectivity index (χ1n) is 4.35. The van der Waals surface area contributed by atoms with E-state index < -0.39 is 0 Å². The molecule has 3 aromatic rings. The summed E-state index contributed by atoms with van der Waals surface area (Å²) < 4.78 is 3.71. The van der Waals surface area contributed by atoms with Crippen molar-refractivity contribution < 1.29 is 0 Å². The third-order valence-electron chi connectivity index (χ3n) is 2.12. The van der Waals surface area contributed by atoms with Crippen molar-refractivity contribution in [1.29, 1.82) is 0 Å². The molecule has 0 spiro atoms. The average molecular weight is 344 g/mol. The second kappa shape index (κ2) is 3.63. The van der Waals surface area contributed by atoms with Gasteiger partial charge in [-0.3, -0.25) is 0 Å². The summed E-state index contributed by atoms with van der Waals surface area (Å²) in [6, 6.07) is 7.68. The van der Waals surface area contributed by atoms with Crippen LogP contribution < -0.4 is 0 Å². The van der Waals surface area contributed by atoms with Crippen LogP contribution >= 0.6 is 32.1 Å². The Balaban J connectivity index is 2.35. The first-order valence-corrected chi connectivity index (χ1v) is 5.86. The maximum atomic E-state index is 4.07. The highest BCUT2D eigenvalue weighted by atomic mass is 79.9. The average Bonchev–Trinajstić information content (AvgIpc) is 2.83. The van der Waals surface area contributed by atoms with E-state index in [2.05, 4.69) is 52.7 Å². The summed E-state index contributed by atoms with van der Waals surface area (Å²) in [6.07, 6.45) is 0. The van der Waals surface area contributed by atoms with Gasteiger partial charge in [0.25, 0.3) is 0 Å². The van der Waals surface area contributed by atoms with Crippen molar-refractivity contribution in [1.82, 2.24) is 29.0 Å². The zero-order chi connectivity index (χ0) is 11.1. The Morgan fingerprint density at radius 2 is 1.88 bits per heavy atom. The van der Waals surface area contributed by atoms with Crippen LogP contribution in [0.15, 0.2) is 28.9 Å². The molecule has 3 rings (SSSR count). The zero-order valence-corrected chi connectivity index (χ0v) is 10.9. The summed E-state index contributed by atoms with van der Waals surface area (Å²) in [5, 5.41) is 15.8. The minimum Gasteiger partial charge on any atom is -0.191 e. The van der Waals surface area contributed by atoms with Crippen LogP contribution in [0.1, 0.15) is 0 Å². The molecule has 0 saturated carbocycles. The Morgan fingerprint density at radius 1 is 1.06 bits per heavy atom. The van der Waals surface area contributed by atoms with Gasteiger partial charge in [-0.1, -0.05) is 22.6 Å². The number of benzene rings is 1. The maximum absolute atomic E-state index is 4.07. The molecule has 16 heavy (non-hydrogen) atoms. The number of para-hydroxylation sites is 1. The van der Waals surface area contributed by atoms with Gasteiger partial charge in [-0.05, 0) is 28.1 Å². The number of aromatic nitrogens is 6. The van der Waals surface area contributed by atoms with Crippen molar-refractivity contribution in [2.24, 2.45) is 0 Å². The lowest BCUT2D eigenvalue weighted by molar-refractivity contribution is 0.778. The third-order valence-corrected chi connectivity index (χ3v) is 3.11. The Bertz CT molecular complexity index is 638. The fourth-order valence-electron chi connectivity index (χ4n) is 1.43. The highest BCUT2D eigenvalue weighted by molar-refractivity contribution is 9.10. The van der Waals surface area contributed by atoms with Gasteiger partial charge in [-0.2, -0.15) is 8.39 Å². The highest BCUT2D eigenvalue weighted by Crippen LogP contribution is 2.22. The van der Waals surface area contributed by atoms with Crippen molar-refractivity contribution in [2.45, 2.75) is 0 Å². The van der Waals surface area contributed by atoms with Crippen molar-refractivity contribution in [3.05, 3.63) is 28.9 Å². The molecule has 2 heterocycles. The summed E-state index contributed by atoms with van der Waals surface area (Å²) in [7, 11) is 0. The highest BCUT2D eigenvalue weighted by Gasteiger charge is 2.15. The fourth-order valence-corrected chi connectivity index (χ4v) is 2.47. The molecule has 0 saturated heterocycles. The number of hydrogen-bond donors (Lipinski definition) is 0. The van der Waals surface area contributed by atoms with E-state index in [1.54, 1.807) is 4.68 Å². The smallest absolute Gasteiger partial charge is 0.191 e. The molecular weight excluding hydrogens is 340 g/mol. The van der Waals surface area contributed by atoms with Gasteiger partial charge < -0.3 is 0 Å². The maximum Gasteiger partial charge on any atom is 0.201 e. The Hall–Kier alpha value is -1.28. The first-order chi connectivity index (χ1) is 7.77. The number of halogens is 2. The van der Waals surface area contributed by atoms with Crippen LogP contribution in [0.25, 0.3) is 16.9 Å². The normalized spacial score (nSPS) is 11.1. The lowest BCUT2D eigenvalue weighted by Gasteiger charge is -1.99. The fraction of sp³-hybridized carbons (Fsp3) is 0. The lowest BCUT2D eigenvalue weighted by atomic mass is 10.3. The predicted molar refractivity (Wildman–Crippen MR) is 64.5 cm³/mol. The van der Waals surface area contributed by atoms with Crippen LogP contribution in [0.3, 0.4) is 0 Å². The monoisotopic (exact) mass is 342 g/mol. The molecule has 0 amide bonds. The molecular formula is C8H4Br2N6. The molecule has 2 aromatic heterocycles. The van der Waals surface area contributed by atoms with Crippen molar-refractivity contribution in [3.63, 3.8) is 0 Å². The molecule has 0 fully saturated rings. The molecule has 0 bridgehead atoms. The molecule has 0 radical (unpaired) electrons. The molecule has 0 atom stereocenters. The van der Waals surface area contributed by atoms with E-state index in [1.807, 2.05) is 24.3 Å².